The summed E-state index contributed by atoms with van der Waals surface area (Å²) in [6, 6.07) is 17.6. The van der Waals surface area contributed by atoms with E-state index in [-0.39, 0.29) is 18.4 Å². The first-order valence-corrected chi connectivity index (χ1v) is 11.1. The first-order valence-electron chi connectivity index (χ1n) is 11.1. The van der Waals surface area contributed by atoms with E-state index in [1.54, 1.807) is 4.90 Å². The molecule has 1 heterocycles. The van der Waals surface area contributed by atoms with E-state index in [1.165, 1.54) is 0 Å². The number of unbranched alkanes of at least 4 members (excludes halogenated alkanes) is 1. The lowest BCUT2D eigenvalue weighted by molar-refractivity contribution is -0.130. The van der Waals surface area contributed by atoms with E-state index in [4.69, 9.17) is 4.98 Å². The van der Waals surface area contributed by atoms with Gasteiger partial charge in [0.15, 0.2) is 0 Å². The first kappa shape index (κ1) is 22.5. The highest BCUT2D eigenvalue weighted by Gasteiger charge is 2.16. The van der Waals surface area contributed by atoms with E-state index >= 15 is 0 Å². The molecule has 0 unspecified atom stereocenters. The first-order chi connectivity index (χ1) is 15.1. The molecular weight excluding hydrogens is 388 g/mol. The summed E-state index contributed by atoms with van der Waals surface area (Å²) < 4.78 is 2.02. The Hall–Kier alpha value is -3.15. The minimum atomic E-state index is 0.0208. The van der Waals surface area contributed by atoms with Gasteiger partial charge in [0.25, 0.3) is 0 Å². The van der Waals surface area contributed by atoms with Crippen molar-refractivity contribution in [3.05, 3.63) is 66.0 Å². The molecule has 6 heteroatoms. The molecular formula is C25H32N4O2. The number of hydrogen-bond acceptors (Lipinski definition) is 3. The monoisotopic (exact) mass is 420 g/mol. The van der Waals surface area contributed by atoms with Crippen molar-refractivity contribution in [1.29, 1.82) is 0 Å². The van der Waals surface area contributed by atoms with Gasteiger partial charge < -0.3 is 14.8 Å². The number of carbonyl (C=O) groups is 2. The fraction of sp³-hybridized carbons (Fsp3) is 0.400. The Bertz CT molecular complexity index is 997. The second kappa shape index (κ2) is 11.3. The lowest BCUT2D eigenvalue weighted by Crippen LogP contribution is -2.31. The van der Waals surface area contributed by atoms with Gasteiger partial charge in [-0.15, -0.1) is 0 Å². The predicted molar refractivity (Wildman–Crippen MR) is 124 cm³/mol. The van der Waals surface area contributed by atoms with Crippen LogP contribution in [0.2, 0.25) is 0 Å². The van der Waals surface area contributed by atoms with Crippen molar-refractivity contribution >= 4 is 22.8 Å². The fourth-order valence-corrected chi connectivity index (χ4v) is 3.59. The molecule has 1 N–H and O–H groups in total. The second-order valence-corrected chi connectivity index (χ2v) is 7.89. The van der Waals surface area contributed by atoms with Crippen LogP contribution >= 0.6 is 0 Å². The number of likely N-dealkylation sites (N-methyl/N-ethyl adjacent to an activating group) is 1. The molecule has 6 nitrogen and oxygen atoms in total. The average Bonchev–Trinajstić information content (AvgIpc) is 3.13. The van der Waals surface area contributed by atoms with Gasteiger partial charge in [0.05, 0.1) is 17.5 Å². The van der Waals surface area contributed by atoms with Crippen LogP contribution in [0.3, 0.4) is 0 Å². The van der Waals surface area contributed by atoms with Crippen LogP contribution in [0.1, 0.15) is 37.6 Å². The molecule has 0 fully saturated rings. The van der Waals surface area contributed by atoms with Crippen LogP contribution in [0.5, 0.6) is 0 Å². The molecule has 2 amide bonds. The van der Waals surface area contributed by atoms with Crippen molar-refractivity contribution in [3.8, 4) is 0 Å². The van der Waals surface area contributed by atoms with Crippen LogP contribution < -0.4 is 5.32 Å². The number of para-hydroxylation sites is 2. The molecule has 3 rings (SSSR count). The predicted octanol–water partition coefficient (Wildman–Crippen LogP) is 3.59. The van der Waals surface area contributed by atoms with Crippen molar-refractivity contribution < 1.29 is 9.59 Å². The molecule has 0 radical (unpaired) electrons. The Labute approximate surface area is 184 Å². The summed E-state index contributed by atoms with van der Waals surface area (Å²) in [4.78, 5) is 31.4. The van der Waals surface area contributed by atoms with Crippen LogP contribution in [0.25, 0.3) is 11.0 Å². The maximum atomic E-state index is 12.7. The number of rotatable bonds is 11. The number of nitrogens with zero attached hydrogens (tertiary/aromatic N) is 3. The number of imidazole rings is 1. The molecule has 0 bridgehead atoms. The van der Waals surface area contributed by atoms with E-state index in [0.29, 0.717) is 19.4 Å². The smallest absolute Gasteiger partial charge is 0.242 e. The molecule has 164 valence electrons. The van der Waals surface area contributed by atoms with Crippen molar-refractivity contribution in [2.45, 2.75) is 45.6 Å². The minimum Gasteiger partial charge on any atom is -0.356 e. The van der Waals surface area contributed by atoms with Gasteiger partial charge in [-0.3, -0.25) is 9.59 Å². The third-order valence-corrected chi connectivity index (χ3v) is 5.41. The van der Waals surface area contributed by atoms with Gasteiger partial charge in [0, 0.05) is 26.6 Å². The Kier molecular flexibility index (Phi) is 8.21. The van der Waals surface area contributed by atoms with Crippen molar-refractivity contribution in [2.24, 2.45) is 0 Å². The van der Waals surface area contributed by atoms with Crippen molar-refractivity contribution in [3.63, 3.8) is 0 Å². The van der Waals surface area contributed by atoms with Gasteiger partial charge in [-0.05, 0) is 30.5 Å². The van der Waals surface area contributed by atoms with Crippen LogP contribution in [0, 0.1) is 0 Å². The summed E-state index contributed by atoms with van der Waals surface area (Å²) in [5, 5.41) is 2.99. The summed E-state index contributed by atoms with van der Waals surface area (Å²) in [5.41, 5.74) is 2.88. The number of fused-ring (bicyclic) bond motifs is 1. The Morgan fingerprint density at radius 2 is 1.77 bits per heavy atom. The fourth-order valence-electron chi connectivity index (χ4n) is 3.59. The summed E-state index contributed by atoms with van der Waals surface area (Å²) in [7, 11) is 1.86. The number of aryl methyl sites for hydroxylation is 1. The van der Waals surface area contributed by atoms with Gasteiger partial charge in [-0.2, -0.15) is 0 Å². The Balaban J connectivity index is 1.59. The lowest BCUT2D eigenvalue weighted by Gasteiger charge is -2.18. The van der Waals surface area contributed by atoms with E-state index < -0.39 is 0 Å². The Morgan fingerprint density at radius 3 is 2.55 bits per heavy atom. The average molecular weight is 421 g/mol. The van der Waals surface area contributed by atoms with Crippen molar-refractivity contribution in [2.75, 3.05) is 20.1 Å². The Morgan fingerprint density at radius 1 is 1.03 bits per heavy atom. The standard InChI is InChI=1S/C25H32N4O2/c1-3-4-17-28(2)25(31)19-29-22-14-9-8-13-21(22)27-23(29)15-10-16-26-24(30)18-20-11-6-5-7-12-20/h5-9,11-14H,3-4,10,15-19H2,1-2H3,(H,26,30). The molecule has 0 aliphatic heterocycles. The molecule has 31 heavy (non-hydrogen) atoms. The maximum Gasteiger partial charge on any atom is 0.242 e. The minimum absolute atomic E-state index is 0.0208. The van der Waals surface area contributed by atoms with Gasteiger partial charge in [0.2, 0.25) is 11.8 Å². The third-order valence-electron chi connectivity index (χ3n) is 5.41. The van der Waals surface area contributed by atoms with Gasteiger partial charge in [-0.25, -0.2) is 4.98 Å². The summed E-state index contributed by atoms with van der Waals surface area (Å²) in [5.74, 6) is 0.997. The third kappa shape index (κ3) is 6.41. The molecule has 0 aliphatic carbocycles. The zero-order chi connectivity index (χ0) is 22.1. The molecule has 0 saturated carbocycles. The van der Waals surface area contributed by atoms with Crippen LogP contribution in [0.4, 0.5) is 0 Å². The zero-order valence-corrected chi connectivity index (χ0v) is 18.5. The number of nitrogens with one attached hydrogen (secondary N) is 1. The molecule has 0 spiro atoms. The summed E-state index contributed by atoms with van der Waals surface area (Å²) >= 11 is 0. The highest BCUT2D eigenvalue weighted by molar-refractivity contribution is 5.81. The quantitative estimate of drug-likeness (QED) is 0.482. The summed E-state index contributed by atoms with van der Waals surface area (Å²) in [6.07, 6.45) is 3.92. The van der Waals surface area contributed by atoms with Gasteiger partial charge >= 0.3 is 0 Å². The molecule has 1 aromatic heterocycles. The number of carbonyl (C=O) groups excluding carboxylic acids is 2. The molecule has 2 aromatic carbocycles. The molecule has 0 aliphatic rings. The zero-order valence-electron chi connectivity index (χ0n) is 18.5. The van der Waals surface area contributed by atoms with E-state index in [1.807, 2.05) is 66.2 Å². The van der Waals surface area contributed by atoms with E-state index in [0.717, 1.165) is 48.2 Å². The van der Waals surface area contributed by atoms with E-state index in [9.17, 15) is 9.59 Å². The highest BCUT2D eigenvalue weighted by atomic mass is 16.2. The number of benzene rings is 2. The molecule has 0 atom stereocenters. The van der Waals surface area contributed by atoms with Crippen LogP contribution in [-0.2, 0) is 29.0 Å². The van der Waals surface area contributed by atoms with Gasteiger partial charge in [-0.1, -0.05) is 55.8 Å². The van der Waals surface area contributed by atoms with Crippen LogP contribution in [0.15, 0.2) is 54.6 Å². The topological polar surface area (TPSA) is 67.2 Å². The lowest BCUT2D eigenvalue weighted by atomic mass is 10.1. The number of hydrogen-bond donors (Lipinski definition) is 1. The van der Waals surface area contributed by atoms with Gasteiger partial charge in [0.1, 0.15) is 12.4 Å². The SMILES string of the molecule is CCCCN(C)C(=O)Cn1c(CCCNC(=O)Cc2ccccc2)nc2ccccc21. The number of amides is 2. The molecule has 3 aromatic rings. The normalized spacial score (nSPS) is 10.9. The number of aromatic nitrogens is 2. The highest BCUT2D eigenvalue weighted by Crippen LogP contribution is 2.17. The maximum absolute atomic E-state index is 12.7. The van der Waals surface area contributed by atoms with E-state index in [2.05, 4.69) is 12.2 Å². The summed E-state index contributed by atoms with van der Waals surface area (Å²) in [6.45, 7) is 3.76. The second-order valence-electron chi connectivity index (χ2n) is 7.89. The van der Waals surface area contributed by atoms with Crippen LogP contribution in [-0.4, -0.2) is 46.4 Å². The molecule has 0 saturated heterocycles. The largest absolute Gasteiger partial charge is 0.356 e. The van der Waals surface area contributed by atoms with Crippen molar-refractivity contribution in [1.82, 2.24) is 19.8 Å².